The van der Waals surface area contributed by atoms with Crippen LogP contribution in [0.3, 0.4) is 0 Å². The number of ether oxygens (including phenoxy) is 1. The van der Waals surface area contributed by atoms with Crippen LogP contribution in [0.4, 0.5) is 4.79 Å². The lowest BCUT2D eigenvalue weighted by Gasteiger charge is -2.24. The molecule has 0 radical (unpaired) electrons. The van der Waals surface area contributed by atoms with Crippen LogP contribution in [0.1, 0.15) is 26.2 Å². The Morgan fingerprint density at radius 2 is 2.11 bits per heavy atom. The summed E-state index contributed by atoms with van der Waals surface area (Å²) in [5.41, 5.74) is -0.548. The third-order valence-electron chi connectivity index (χ3n) is 2.70. The number of amides is 1. The summed E-state index contributed by atoms with van der Waals surface area (Å²) in [5.74, 6) is 0.766. The van der Waals surface area contributed by atoms with Crippen LogP contribution in [-0.4, -0.2) is 34.8 Å². The third-order valence-corrected chi connectivity index (χ3v) is 3.16. The average molecular weight is 286 g/mol. The molecule has 106 valence electrons. The topological polar surface area (TPSA) is 49.8 Å². The molecule has 0 saturated carbocycles. The fraction of sp³-hybridized carbons (Fsp3) is 0.500. The fourth-order valence-electron chi connectivity index (χ4n) is 1.63. The summed E-state index contributed by atoms with van der Waals surface area (Å²) >= 11 is 6.11. The van der Waals surface area contributed by atoms with Gasteiger partial charge in [-0.05, 0) is 18.6 Å². The van der Waals surface area contributed by atoms with Crippen LogP contribution in [0.5, 0.6) is 5.75 Å². The number of carboxylic acid groups (broad SMARTS) is 1. The Kier molecular flexibility index (Phi) is 7.11. The Balaban J connectivity index is 2.35. The smallest absolute Gasteiger partial charge is 0.408 e. The van der Waals surface area contributed by atoms with Gasteiger partial charge in [-0.25, -0.2) is 4.79 Å². The molecule has 0 heterocycles. The van der Waals surface area contributed by atoms with E-state index < -0.39 is 11.6 Å². The number of rotatable bonds is 8. The maximum absolute atomic E-state index is 11.1. The molecule has 1 amide bonds. The van der Waals surface area contributed by atoms with Crippen molar-refractivity contribution in [3.8, 4) is 5.75 Å². The van der Waals surface area contributed by atoms with Crippen LogP contribution in [0.25, 0.3) is 0 Å². The van der Waals surface area contributed by atoms with Crippen LogP contribution < -0.4 is 4.74 Å². The number of nitrogens with zero attached hydrogens (tertiary/aromatic N) is 1. The van der Waals surface area contributed by atoms with Gasteiger partial charge in [0.15, 0.2) is 0 Å². The summed E-state index contributed by atoms with van der Waals surface area (Å²) in [4.78, 5) is 12.3. The lowest BCUT2D eigenvalue weighted by Crippen LogP contribution is -2.37. The van der Waals surface area contributed by atoms with E-state index in [4.69, 9.17) is 21.4 Å². The van der Waals surface area contributed by atoms with Crippen molar-refractivity contribution in [3.63, 3.8) is 0 Å². The van der Waals surface area contributed by atoms with Crippen molar-refractivity contribution < 1.29 is 14.6 Å². The number of alkyl halides is 1. The number of hydrogen-bond donors (Lipinski definition) is 1. The zero-order valence-electron chi connectivity index (χ0n) is 11.1. The van der Waals surface area contributed by atoms with E-state index in [1.54, 1.807) is 0 Å². The highest BCUT2D eigenvalue weighted by Crippen LogP contribution is 2.14. The first-order valence-electron chi connectivity index (χ1n) is 6.46. The number of para-hydroxylation sites is 1. The van der Waals surface area contributed by atoms with Crippen molar-refractivity contribution in [2.45, 2.75) is 31.7 Å². The van der Waals surface area contributed by atoms with Gasteiger partial charge in [-0.3, -0.25) is 4.90 Å². The molecule has 0 aromatic heterocycles. The Morgan fingerprint density at radius 1 is 1.42 bits per heavy atom. The van der Waals surface area contributed by atoms with Crippen LogP contribution in [0, 0.1) is 0 Å². The Labute approximate surface area is 118 Å². The number of hydrogen-bond acceptors (Lipinski definition) is 2. The molecule has 1 N–H and O–H groups in total. The standard InChI is InChI=1S/C14H20ClNO3/c1-2-3-10-16(14(17)18)13(15)9-11-19-12-7-5-4-6-8-12/h4-8,13H,2-3,9-11H2,1H3,(H,17,18). The molecule has 0 saturated heterocycles. The molecule has 4 nitrogen and oxygen atoms in total. The Morgan fingerprint density at radius 3 is 2.68 bits per heavy atom. The molecular weight excluding hydrogens is 266 g/mol. The van der Waals surface area contributed by atoms with Gasteiger partial charge < -0.3 is 9.84 Å². The maximum atomic E-state index is 11.1. The van der Waals surface area contributed by atoms with Gasteiger partial charge in [-0.1, -0.05) is 43.1 Å². The van der Waals surface area contributed by atoms with Gasteiger partial charge in [0.25, 0.3) is 0 Å². The van der Waals surface area contributed by atoms with Gasteiger partial charge in [0.1, 0.15) is 11.3 Å². The van der Waals surface area contributed by atoms with Gasteiger partial charge in [-0.15, -0.1) is 0 Å². The molecule has 0 bridgehead atoms. The number of unbranched alkanes of at least 4 members (excludes halogenated alkanes) is 1. The highest BCUT2D eigenvalue weighted by molar-refractivity contribution is 6.21. The van der Waals surface area contributed by atoms with E-state index in [1.165, 1.54) is 4.90 Å². The summed E-state index contributed by atoms with van der Waals surface area (Å²) in [7, 11) is 0. The molecular formula is C14H20ClNO3. The van der Waals surface area contributed by atoms with E-state index in [1.807, 2.05) is 37.3 Å². The summed E-state index contributed by atoms with van der Waals surface area (Å²) in [6.07, 6.45) is 1.24. The van der Waals surface area contributed by atoms with E-state index >= 15 is 0 Å². The molecule has 19 heavy (non-hydrogen) atoms. The van der Waals surface area contributed by atoms with Crippen molar-refractivity contribution in [1.29, 1.82) is 0 Å². The SMILES string of the molecule is CCCCN(C(=O)O)C(Cl)CCOc1ccccc1. The molecule has 0 aliphatic rings. The first kappa shape index (κ1) is 15.6. The average Bonchev–Trinajstić information content (AvgIpc) is 2.40. The summed E-state index contributed by atoms with van der Waals surface area (Å²) < 4.78 is 5.51. The number of halogens is 1. The molecule has 1 aromatic rings. The molecule has 5 heteroatoms. The summed E-state index contributed by atoms with van der Waals surface area (Å²) in [5, 5.41) is 9.09. The van der Waals surface area contributed by atoms with Crippen LogP contribution in [0.2, 0.25) is 0 Å². The summed E-state index contributed by atoms with van der Waals surface area (Å²) in [6.45, 7) is 2.88. The van der Waals surface area contributed by atoms with Gasteiger partial charge in [0, 0.05) is 13.0 Å². The van der Waals surface area contributed by atoms with Gasteiger partial charge in [0.05, 0.1) is 6.61 Å². The first-order valence-corrected chi connectivity index (χ1v) is 6.90. The zero-order valence-corrected chi connectivity index (χ0v) is 11.8. The van der Waals surface area contributed by atoms with Crippen LogP contribution in [-0.2, 0) is 0 Å². The van der Waals surface area contributed by atoms with Crippen molar-refractivity contribution in [2.75, 3.05) is 13.2 Å². The predicted octanol–water partition coefficient (Wildman–Crippen LogP) is 3.80. The van der Waals surface area contributed by atoms with Crippen molar-refractivity contribution in [2.24, 2.45) is 0 Å². The maximum Gasteiger partial charge on any atom is 0.408 e. The highest BCUT2D eigenvalue weighted by atomic mass is 35.5. The zero-order chi connectivity index (χ0) is 14.1. The third kappa shape index (κ3) is 5.83. The van der Waals surface area contributed by atoms with Gasteiger partial charge >= 0.3 is 6.09 Å². The molecule has 0 fully saturated rings. The van der Waals surface area contributed by atoms with E-state index in [-0.39, 0.29) is 0 Å². The lowest BCUT2D eigenvalue weighted by molar-refractivity contribution is 0.133. The number of benzene rings is 1. The largest absolute Gasteiger partial charge is 0.493 e. The number of carbonyl (C=O) groups is 1. The Hall–Kier alpha value is -1.42. The predicted molar refractivity (Wildman–Crippen MR) is 75.8 cm³/mol. The highest BCUT2D eigenvalue weighted by Gasteiger charge is 2.20. The molecule has 1 rings (SSSR count). The van der Waals surface area contributed by atoms with Crippen molar-refractivity contribution >= 4 is 17.7 Å². The van der Waals surface area contributed by atoms with E-state index in [0.717, 1.165) is 18.6 Å². The van der Waals surface area contributed by atoms with Crippen LogP contribution >= 0.6 is 11.6 Å². The van der Waals surface area contributed by atoms with Gasteiger partial charge in [0.2, 0.25) is 0 Å². The molecule has 1 atom stereocenters. The molecule has 0 aliphatic heterocycles. The second kappa shape index (κ2) is 8.64. The van der Waals surface area contributed by atoms with E-state index in [2.05, 4.69) is 0 Å². The van der Waals surface area contributed by atoms with Crippen molar-refractivity contribution in [1.82, 2.24) is 4.90 Å². The second-order valence-electron chi connectivity index (χ2n) is 4.21. The minimum Gasteiger partial charge on any atom is -0.493 e. The fourth-order valence-corrected chi connectivity index (χ4v) is 1.90. The molecule has 0 aliphatic carbocycles. The molecule has 1 unspecified atom stereocenters. The monoisotopic (exact) mass is 285 g/mol. The van der Waals surface area contributed by atoms with Crippen molar-refractivity contribution in [3.05, 3.63) is 30.3 Å². The first-order chi connectivity index (χ1) is 9.15. The molecule has 1 aromatic carbocycles. The van der Waals surface area contributed by atoms with Gasteiger partial charge in [-0.2, -0.15) is 0 Å². The minimum atomic E-state index is -0.979. The normalized spacial score (nSPS) is 11.9. The molecule has 0 spiro atoms. The lowest BCUT2D eigenvalue weighted by atomic mass is 10.3. The quantitative estimate of drug-likeness (QED) is 0.584. The van der Waals surface area contributed by atoms with Crippen LogP contribution in [0.15, 0.2) is 30.3 Å². The van der Waals surface area contributed by atoms with E-state index in [0.29, 0.717) is 19.6 Å². The second-order valence-corrected chi connectivity index (χ2v) is 4.72. The summed E-state index contributed by atoms with van der Waals surface area (Å²) in [6, 6.07) is 9.40. The van der Waals surface area contributed by atoms with E-state index in [9.17, 15) is 4.79 Å². The minimum absolute atomic E-state index is 0.397. The Bertz CT molecular complexity index is 372.